The first-order chi connectivity index (χ1) is 17.0. The van der Waals surface area contributed by atoms with Gasteiger partial charge in [-0.3, -0.25) is 9.25 Å². The fraction of sp³-hybridized carbons (Fsp3) is 0.409. The third kappa shape index (κ3) is 5.05. The van der Waals surface area contributed by atoms with Gasteiger partial charge < -0.3 is 19.9 Å². The van der Waals surface area contributed by atoms with Gasteiger partial charge in [0.15, 0.2) is 5.82 Å². The average molecular weight is 485 g/mol. The zero-order valence-electron chi connectivity index (χ0n) is 19.5. The normalized spacial score (nSPS) is 14.4. The van der Waals surface area contributed by atoms with Crippen LogP contribution >= 0.6 is 0 Å². The number of alkyl halides is 2. The first-order valence-electron chi connectivity index (χ1n) is 11.3. The molecule has 184 valence electrons. The Kier molecular flexibility index (Phi) is 6.51. The zero-order valence-corrected chi connectivity index (χ0v) is 19.5. The van der Waals surface area contributed by atoms with E-state index in [0.717, 1.165) is 13.1 Å². The summed E-state index contributed by atoms with van der Waals surface area (Å²) in [5.41, 5.74) is 1.61. The molecular formula is C22H26F2N10O. The highest BCUT2D eigenvalue weighted by Crippen LogP contribution is 2.28. The number of hydrogen-bond acceptors (Lipinski definition) is 9. The molecule has 1 aromatic carbocycles. The summed E-state index contributed by atoms with van der Waals surface area (Å²) >= 11 is 0. The van der Waals surface area contributed by atoms with Crippen molar-refractivity contribution in [2.75, 3.05) is 57.2 Å². The second-order valence-electron chi connectivity index (χ2n) is 8.37. The minimum absolute atomic E-state index is 0.0630. The highest BCUT2D eigenvalue weighted by molar-refractivity contribution is 5.77. The van der Waals surface area contributed by atoms with Crippen molar-refractivity contribution in [3.63, 3.8) is 0 Å². The molecule has 13 heteroatoms. The highest BCUT2D eigenvalue weighted by atomic mass is 19.3. The van der Waals surface area contributed by atoms with Crippen LogP contribution in [-0.4, -0.2) is 86.1 Å². The second kappa shape index (κ2) is 9.88. The molecule has 3 aromatic heterocycles. The number of nitrogens with one attached hydrogen (secondary N) is 1. The van der Waals surface area contributed by atoms with Gasteiger partial charge in [-0.1, -0.05) is 12.1 Å². The van der Waals surface area contributed by atoms with E-state index >= 15 is 0 Å². The summed E-state index contributed by atoms with van der Waals surface area (Å²) in [6.07, 6.45) is 0.709. The van der Waals surface area contributed by atoms with E-state index in [1.807, 2.05) is 29.9 Å². The Hall–Kier alpha value is -3.71. The molecule has 0 saturated carbocycles. The Balaban J connectivity index is 1.55. The average Bonchev–Trinajstić information content (AvgIpc) is 3.47. The molecule has 1 fully saturated rings. The van der Waals surface area contributed by atoms with Crippen LogP contribution in [0.25, 0.3) is 17.0 Å². The van der Waals surface area contributed by atoms with E-state index in [4.69, 9.17) is 4.74 Å². The summed E-state index contributed by atoms with van der Waals surface area (Å²) in [4.78, 5) is 21.8. The first kappa shape index (κ1) is 23.1. The van der Waals surface area contributed by atoms with Crippen LogP contribution in [0.1, 0.15) is 12.2 Å². The van der Waals surface area contributed by atoms with Gasteiger partial charge in [0.1, 0.15) is 0 Å². The van der Waals surface area contributed by atoms with E-state index in [0.29, 0.717) is 49.0 Å². The number of morpholine rings is 1. The molecule has 0 aliphatic carbocycles. The maximum absolute atomic E-state index is 14.0. The highest BCUT2D eigenvalue weighted by Gasteiger charge is 2.24. The lowest BCUT2D eigenvalue weighted by atomic mass is 10.3. The molecule has 35 heavy (non-hydrogen) atoms. The summed E-state index contributed by atoms with van der Waals surface area (Å²) in [5, 5.41) is 7.51. The molecule has 0 radical (unpaired) electrons. The van der Waals surface area contributed by atoms with Crippen molar-refractivity contribution < 1.29 is 13.5 Å². The van der Waals surface area contributed by atoms with Gasteiger partial charge in [-0.05, 0) is 26.2 Å². The molecule has 0 bridgehead atoms. The molecule has 4 heterocycles. The van der Waals surface area contributed by atoms with Crippen LogP contribution in [0.15, 0.2) is 36.7 Å². The summed E-state index contributed by atoms with van der Waals surface area (Å²) in [5.74, 6) is 0.237. The topological polar surface area (TPSA) is 102 Å². The SMILES string of the molecule is CN(C)CCn1cc(Nc2nc(N3CCOCC3)nc(-n3c(C(F)F)nc4ccccc43)n2)cn1. The molecule has 4 aromatic rings. The smallest absolute Gasteiger partial charge is 0.296 e. The number of hydrogen-bond donors (Lipinski definition) is 1. The fourth-order valence-electron chi connectivity index (χ4n) is 3.80. The molecular weight excluding hydrogens is 458 g/mol. The van der Waals surface area contributed by atoms with Crippen molar-refractivity contribution in [3.8, 4) is 5.95 Å². The number of anilines is 3. The number of halogens is 2. The molecule has 11 nitrogen and oxygen atoms in total. The molecule has 0 amide bonds. The number of benzene rings is 1. The monoisotopic (exact) mass is 484 g/mol. The third-order valence-electron chi connectivity index (χ3n) is 5.55. The number of para-hydroxylation sites is 2. The van der Waals surface area contributed by atoms with E-state index in [2.05, 4.69) is 35.3 Å². The van der Waals surface area contributed by atoms with Gasteiger partial charge in [-0.15, -0.1) is 0 Å². The third-order valence-corrected chi connectivity index (χ3v) is 5.55. The van der Waals surface area contributed by atoms with Crippen molar-refractivity contribution in [3.05, 3.63) is 42.5 Å². The molecule has 1 aliphatic heterocycles. The van der Waals surface area contributed by atoms with Crippen LogP contribution in [0.3, 0.4) is 0 Å². The number of likely N-dealkylation sites (N-methyl/N-ethyl adjacent to an activating group) is 1. The van der Waals surface area contributed by atoms with Gasteiger partial charge in [-0.25, -0.2) is 13.8 Å². The number of imidazole rings is 1. The summed E-state index contributed by atoms with van der Waals surface area (Å²) in [7, 11) is 3.99. The predicted molar refractivity (Wildman–Crippen MR) is 127 cm³/mol. The van der Waals surface area contributed by atoms with Crippen LogP contribution in [0.4, 0.5) is 26.4 Å². The summed E-state index contributed by atoms with van der Waals surface area (Å²) in [6, 6.07) is 6.92. The van der Waals surface area contributed by atoms with Gasteiger partial charge in [0.2, 0.25) is 17.8 Å². The summed E-state index contributed by atoms with van der Waals surface area (Å²) < 4.78 is 36.5. The lowest BCUT2D eigenvalue weighted by Gasteiger charge is -2.27. The molecule has 0 unspecified atom stereocenters. The number of ether oxygens (including phenoxy) is 1. The van der Waals surface area contributed by atoms with Gasteiger partial charge in [0.25, 0.3) is 6.43 Å². The van der Waals surface area contributed by atoms with Crippen LogP contribution < -0.4 is 10.2 Å². The Labute approximate surface area is 200 Å². The Morgan fingerprint density at radius 2 is 1.83 bits per heavy atom. The largest absolute Gasteiger partial charge is 0.378 e. The van der Waals surface area contributed by atoms with Crippen molar-refractivity contribution in [2.45, 2.75) is 13.0 Å². The first-order valence-corrected chi connectivity index (χ1v) is 11.3. The number of fused-ring (bicyclic) bond motifs is 1. The Morgan fingerprint density at radius 1 is 1.06 bits per heavy atom. The van der Waals surface area contributed by atoms with Gasteiger partial charge in [-0.2, -0.15) is 20.1 Å². The molecule has 0 spiro atoms. The van der Waals surface area contributed by atoms with Crippen molar-refractivity contribution in [1.29, 1.82) is 0 Å². The lowest BCUT2D eigenvalue weighted by molar-refractivity contribution is 0.122. The van der Waals surface area contributed by atoms with E-state index in [1.54, 1.807) is 30.5 Å². The van der Waals surface area contributed by atoms with E-state index in [-0.39, 0.29) is 11.9 Å². The van der Waals surface area contributed by atoms with Crippen molar-refractivity contribution in [2.24, 2.45) is 0 Å². The Morgan fingerprint density at radius 3 is 2.60 bits per heavy atom. The molecule has 1 saturated heterocycles. The van der Waals surface area contributed by atoms with Crippen LogP contribution in [0.2, 0.25) is 0 Å². The Bertz CT molecular complexity index is 1300. The van der Waals surface area contributed by atoms with Crippen molar-refractivity contribution in [1.82, 2.24) is 39.2 Å². The van der Waals surface area contributed by atoms with Gasteiger partial charge >= 0.3 is 0 Å². The minimum Gasteiger partial charge on any atom is -0.378 e. The zero-order chi connectivity index (χ0) is 24.4. The van der Waals surface area contributed by atoms with Crippen molar-refractivity contribution >= 4 is 28.6 Å². The van der Waals surface area contributed by atoms with E-state index < -0.39 is 12.2 Å². The molecule has 1 N–H and O–H groups in total. The lowest BCUT2D eigenvalue weighted by Crippen LogP contribution is -2.37. The van der Waals surface area contributed by atoms with Crippen LogP contribution in [-0.2, 0) is 11.3 Å². The quantitative estimate of drug-likeness (QED) is 0.404. The van der Waals surface area contributed by atoms with E-state index in [9.17, 15) is 8.78 Å². The van der Waals surface area contributed by atoms with Crippen LogP contribution in [0, 0.1) is 0 Å². The number of nitrogens with zero attached hydrogens (tertiary/aromatic N) is 9. The van der Waals surface area contributed by atoms with Gasteiger partial charge in [0.05, 0.1) is 42.7 Å². The van der Waals surface area contributed by atoms with E-state index in [1.165, 1.54) is 4.57 Å². The minimum atomic E-state index is -2.81. The molecule has 1 aliphatic rings. The van der Waals surface area contributed by atoms with Crippen LogP contribution in [0.5, 0.6) is 0 Å². The second-order valence-corrected chi connectivity index (χ2v) is 8.37. The number of aromatic nitrogens is 7. The molecule has 0 atom stereocenters. The number of rotatable bonds is 8. The maximum Gasteiger partial charge on any atom is 0.296 e. The molecule has 5 rings (SSSR count). The maximum atomic E-state index is 14.0. The standard InChI is InChI=1S/C22H26F2N10O/c1-31(2)7-8-33-14-15(13-25-33)26-20-28-21(32-9-11-35-12-10-32)30-22(29-20)34-17-6-4-3-5-16(17)27-19(34)18(23)24/h3-6,13-14,18H,7-12H2,1-2H3,(H,26,28,29,30). The summed E-state index contributed by atoms with van der Waals surface area (Å²) in [6.45, 7) is 3.77. The van der Waals surface area contributed by atoms with Gasteiger partial charge in [0, 0.05) is 25.8 Å². The fourth-order valence-corrected chi connectivity index (χ4v) is 3.80. The predicted octanol–water partition coefficient (Wildman–Crippen LogP) is 2.49.